The van der Waals surface area contributed by atoms with Gasteiger partial charge in [-0.3, -0.25) is 4.79 Å². The number of nitrogens with zero attached hydrogens (tertiary/aromatic N) is 4. The normalized spacial score (nSPS) is 11.2. The largest absolute Gasteiger partial charge is 0.482 e. The molecule has 0 saturated carbocycles. The van der Waals surface area contributed by atoms with Crippen LogP contribution >= 0.6 is 0 Å². The molecule has 0 aliphatic heterocycles. The molecule has 0 aliphatic rings. The Balaban J connectivity index is 1.55. The number of halogens is 3. The summed E-state index contributed by atoms with van der Waals surface area (Å²) in [6.07, 6.45) is -4.54. The molecule has 1 amide bonds. The van der Waals surface area contributed by atoms with Crippen molar-refractivity contribution in [2.45, 2.75) is 26.9 Å². The standard InChI is InChI=1S/C21H20F3N5O4/c1-12-7-13(2)26-20(25-12)29-17(8-14(3)28-29)27-18(30)10-33-19(31)11-32-16-6-4-5-15(9-16)21(22,23)24/h4-9H,10-11H2,1-3H3,(H,27,30). The molecule has 0 atom stereocenters. The number of amides is 1. The van der Waals surface area contributed by atoms with Gasteiger partial charge >= 0.3 is 12.1 Å². The number of aromatic nitrogens is 4. The molecule has 3 aromatic rings. The summed E-state index contributed by atoms with van der Waals surface area (Å²) in [5.41, 5.74) is 1.13. The Morgan fingerprint density at radius 2 is 1.70 bits per heavy atom. The van der Waals surface area contributed by atoms with E-state index in [2.05, 4.69) is 20.4 Å². The van der Waals surface area contributed by atoms with Crippen molar-refractivity contribution in [1.82, 2.24) is 19.7 Å². The second-order valence-corrected chi connectivity index (χ2v) is 7.06. The van der Waals surface area contributed by atoms with Crippen LogP contribution in [0, 0.1) is 20.8 Å². The lowest BCUT2D eigenvalue weighted by Gasteiger charge is -2.11. The highest BCUT2D eigenvalue weighted by Crippen LogP contribution is 2.31. The van der Waals surface area contributed by atoms with E-state index in [9.17, 15) is 22.8 Å². The van der Waals surface area contributed by atoms with Crippen LogP contribution in [0.1, 0.15) is 22.6 Å². The van der Waals surface area contributed by atoms with E-state index >= 15 is 0 Å². The molecule has 1 aromatic carbocycles. The molecule has 0 fully saturated rings. The first-order chi connectivity index (χ1) is 15.5. The van der Waals surface area contributed by atoms with Gasteiger partial charge in [-0.15, -0.1) is 0 Å². The monoisotopic (exact) mass is 463 g/mol. The highest BCUT2D eigenvalue weighted by Gasteiger charge is 2.30. The zero-order chi connectivity index (χ0) is 24.2. The van der Waals surface area contributed by atoms with Gasteiger partial charge in [0.05, 0.1) is 11.3 Å². The van der Waals surface area contributed by atoms with Crippen LogP contribution in [0.2, 0.25) is 0 Å². The van der Waals surface area contributed by atoms with Crippen LogP contribution in [0.3, 0.4) is 0 Å². The molecule has 0 unspecified atom stereocenters. The molecule has 0 saturated heterocycles. The van der Waals surface area contributed by atoms with Gasteiger partial charge in [-0.25, -0.2) is 14.8 Å². The lowest BCUT2D eigenvalue weighted by Crippen LogP contribution is -2.25. The minimum atomic E-state index is -4.54. The fourth-order valence-electron chi connectivity index (χ4n) is 2.81. The summed E-state index contributed by atoms with van der Waals surface area (Å²) < 4.78 is 49.4. The number of hydrogen-bond donors (Lipinski definition) is 1. The number of nitrogens with one attached hydrogen (secondary N) is 1. The Labute approximate surface area is 186 Å². The SMILES string of the molecule is Cc1cc(C)nc(-n2nc(C)cc2NC(=O)COC(=O)COc2cccc(C(F)(F)F)c2)n1. The van der Waals surface area contributed by atoms with Crippen molar-refractivity contribution in [1.29, 1.82) is 0 Å². The van der Waals surface area contributed by atoms with E-state index in [4.69, 9.17) is 9.47 Å². The zero-order valence-corrected chi connectivity index (χ0v) is 17.9. The van der Waals surface area contributed by atoms with E-state index in [1.165, 1.54) is 10.7 Å². The summed E-state index contributed by atoms with van der Waals surface area (Å²) in [6, 6.07) is 7.45. The van der Waals surface area contributed by atoms with Gasteiger partial charge in [-0.1, -0.05) is 6.07 Å². The van der Waals surface area contributed by atoms with Crippen molar-refractivity contribution < 1.29 is 32.2 Å². The molecule has 0 radical (unpaired) electrons. The lowest BCUT2D eigenvalue weighted by atomic mass is 10.2. The van der Waals surface area contributed by atoms with Crippen LogP contribution < -0.4 is 10.1 Å². The first-order valence-electron chi connectivity index (χ1n) is 9.66. The van der Waals surface area contributed by atoms with E-state index < -0.39 is 36.8 Å². The number of rotatable bonds is 7. The number of anilines is 1. The lowest BCUT2D eigenvalue weighted by molar-refractivity contribution is -0.149. The second kappa shape index (κ2) is 9.67. The van der Waals surface area contributed by atoms with Crippen molar-refractivity contribution in [2.24, 2.45) is 0 Å². The summed E-state index contributed by atoms with van der Waals surface area (Å²) >= 11 is 0. The van der Waals surface area contributed by atoms with Crippen LogP contribution in [0.5, 0.6) is 5.75 Å². The van der Waals surface area contributed by atoms with Gasteiger partial charge in [-0.2, -0.15) is 23.0 Å². The number of esters is 1. The molecular weight excluding hydrogens is 443 g/mol. The molecule has 33 heavy (non-hydrogen) atoms. The van der Waals surface area contributed by atoms with Crippen LogP contribution in [-0.2, 0) is 20.5 Å². The number of benzene rings is 1. The Morgan fingerprint density at radius 1 is 1.00 bits per heavy atom. The van der Waals surface area contributed by atoms with Gasteiger partial charge in [0.25, 0.3) is 11.9 Å². The van der Waals surface area contributed by atoms with Crippen LogP contribution in [-0.4, -0.2) is 44.8 Å². The minimum absolute atomic E-state index is 0.154. The number of alkyl halides is 3. The summed E-state index contributed by atoms with van der Waals surface area (Å²) in [5, 5.41) is 6.83. The Bertz CT molecular complexity index is 1160. The van der Waals surface area contributed by atoms with Crippen molar-refractivity contribution >= 4 is 17.7 Å². The summed E-state index contributed by atoms with van der Waals surface area (Å²) in [7, 11) is 0. The van der Waals surface area contributed by atoms with Crippen molar-refractivity contribution in [2.75, 3.05) is 18.5 Å². The van der Waals surface area contributed by atoms with Crippen LogP contribution in [0.4, 0.5) is 19.0 Å². The molecule has 2 aromatic heterocycles. The molecule has 3 rings (SSSR count). The third-order valence-corrected chi connectivity index (χ3v) is 4.14. The van der Waals surface area contributed by atoms with Gasteiger partial charge in [-0.05, 0) is 45.0 Å². The highest BCUT2D eigenvalue weighted by molar-refractivity contribution is 5.92. The Hall–Kier alpha value is -3.96. The van der Waals surface area contributed by atoms with E-state index in [1.54, 1.807) is 32.9 Å². The topological polar surface area (TPSA) is 108 Å². The van der Waals surface area contributed by atoms with E-state index in [0.29, 0.717) is 5.69 Å². The summed E-state index contributed by atoms with van der Waals surface area (Å²) in [6.45, 7) is 4.02. The first kappa shape index (κ1) is 23.7. The molecule has 12 heteroatoms. The van der Waals surface area contributed by atoms with Crippen molar-refractivity contribution in [3.63, 3.8) is 0 Å². The quantitative estimate of drug-likeness (QED) is 0.536. The fourth-order valence-corrected chi connectivity index (χ4v) is 2.81. The molecule has 0 bridgehead atoms. The van der Waals surface area contributed by atoms with Gasteiger partial charge < -0.3 is 14.8 Å². The second-order valence-electron chi connectivity index (χ2n) is 7.06. The minimum Gasteiger partial charge on any atom is -0.482 e. The van der Waals surface area contributed by atoms with E-state index in [0.717, 1.165) is 29.6 Å². The summed E-state index contributed by atoms with van der Waals surface area (Å²) in [5.74, 6) is -1.20. The molecule has 9 nitrogen and oxygen atoms in total. The summed E-state index contributed by atoms with van der Waals surface area (Å²) in [4.78, 5) is 32.7. The average Bonchev–Trinajstić information content (AvgIpc) is 3.09. The number of hydrogen-bond acceptors (Lipinski definition) is 7. The fraction of sp³-hybridized carbons (Fsp3) is 0.286. The molecule has 174 valence electrons. The maximum absolute atomic E-state index is 12.7. The number of aryl methyl sites for hydroxylation is 3. The number of carbonyl (C=O) groups is 2. The Kier molecular flexibility index (Phi) is 6.95. The van der Waals surface area contributed by atoms with Crippen LogP contribution in [0.25, 0.3) is 5.95 Å². The molecular formula is C21H20F3N5O4. The van der Waals surface area contributed by atoms with Gasteiger partial charge in [0.15, 0.2) is 13.2 Å². The predicted molar refractivity (Wildman–Crippen MR) is 110 cm³/mol. The maximum atomic E-state index is 12.7. The molecule has 0 spiro atoms. The molecule has 1 N–H and O–H groups in total. The van der Waals surface area contributed by atoms with E-state index in [1.807, 2.05) is 0 Å². The third kappa shape index (κ3) is 6.51. The maximum Gasteiger partial charge on any atom is 0.416 e. The molecule has 0 aliphatic carbocycles. The van der Waals surface area contributed by atoms with Crippen LogP contribution in [0.15, 0.2) is 36.4 Å². The van der Waals surface area contributed by atoms with E-state index in [-0.39, 0.29) is 17.5 Å². The first-order valence-corrected chi connectivity index (χ1v) is 9.66. The van der Waals surface area contributed by atoms with Crippen molar-refractivity contribution in [3.8, 4) is 11.7 Å². The third-order valence-electron chi connectivity index (χ3n) is 4.14. The van der Waals surface area contributed by atoms with Crippen molar-refractivity contribution in [3.05, 3.63) is 59.0 Å². The number of carbonyl (C=O) groups excluding carboxylic acids is 2. The van der Waals surface area contributed by atoms with Gasteiger partial charge in [0.2, 0.25) is 0 Å². The van der Waals surface area contributed by atoms with Gasteiger partial charge in [0.1, 0.15) is 11.6 Å². The Morgan fingerprint density at radius 3 is 2.36 bits per heavy atom. The molecule has 2 heterocycles. The van der Waals surface area contributed by atoms with Gasteiger partial charge in [0, 0.05) is 17.5 Å². The zero-order valence-electron chi connectivity index (χ0n) is 17.9. The smallest absolute Gasteiger partial charge is 0.416 e. The highest BCUT2D eigenvalue weighted by atomic mass is 19.4. The average molecular weight is 463 g/mol. The predicted octanol–water partition coefficient (Wildman–Crippen LogP) is 3.17. The number of ether oxygens (including phenoxy) is 2.